The van der Waals surface area contributed by atoms with E-state index in [9.17, 15) is 26.7 Å². The third-order valence-corrected chi connectivity index (χ3v) is 6.97. The number of benzene rings is 2. The van der Waals surface area contributed by atoms with Crippen molar-refractivity contribution >= 4 is 5.97 Å². The largest absolute Gasteiger partial charge is 0.586 e. The zero-order valence-electron chi connectivity index (χ0n) is 22.3. The molecule has 9 nitrogen and oxygen atoms in total. The number of aromatic carboxylic acids is 1. The fourth-order valence-corrected chi connectivity index (χ4v) is 5.07. The average Bonchev–Trinajstić information content (AvgIpc) is 3.50. The van der Waals surface area contributed by atoms with Crippen LogP contribution in [0.1, 0.15) is 65.0 Å². The molecule has 1 aliphatic heterocycles. The highest BCUT2D eigenvalue weighted by Gasteiger charge is 2.44. The minimum atomic E-state index is -4.72. The fraction of sp³-hybridized carbons (Fsp3) is 0.276. The molecule has 2 aromatic heterocycles. The Morgan fingerprint density at radius 1 is 1.09 bits per heavy atom. The predicted octanol–water partition coefficient (Wildman–Crippen LogP) is 6.90. The molecule has 1 aliphatic carbocycles. The van der Waals surface area contributed by atoms with Crippen molar-refractivity contribution in [3.05, 3.63) is 89.0 Å². The van der Waals surface area contributed by atoms with Crippen LogP contribution in [0.2, 0.25) is 0 Å². The fourth-order valence-electron chi connectivity index (χ4n) is 5.07. The number of carboxylic acid groups (broad SMARTS) is 1. The molecule has 224 valence electrons. The van der Waals surface area contributed by atoms with Crippen molar-refractivity contribution in [2.45, 2.75) is 50.9 Å². The molecule has 2 aromatic carbocycles. The second-order valence-corrected chi connectivity index (χ2v) is 9.93. The van der Waals surface area contributed by atoms with Crippen molar-refractivity contribution in [3.8, 4) is 28.7 Å². The van der Waals surface area contributed by atoms with E-state index in [1.54, 1.807) is 25.1 Å². The first-order chi connectivity index (χ1) is 20.4. The Kier molecular flexibility index (Phi) is 6.86. The quantitative estimate of drug-likeness (QED) is 0.228. The van der Waals surface area contributed by atoms with Crippen molar-refractivity contribution in [1.82, 2.24) is 14.8 Å². The van der Waals surface area contributed by atoms with E-state index in [1.807, 2.05) is 0 Å². The Bertz CT molecular complexity index is 1690. The van der Waals surface area contributed by atoms with E-state index in [1.165, 1.54) is 41.1 Å². The standard InChI is InChI=1S/C29H22F5N3O6/c1-15(21-13-23-24(14-35-21)43-29(33,34)42-23)40-19-5-2-4-17(12-19)37-25-20(26(36-37)28(30,31)32)6-3-7-22(25)41-18-10-8-16(9-11-18)27(38)39/h2,4-5,8-15,22H,3,6-7H2,1H3,(H,38,39)/t15-,22?/m1/s1. The lowest BCUT2D eigenvalue weighted by atomic mass is 9.93. The summed E-state index contributed by atoms with van der Waals surface area (Å²) in [7, 11) is 0. The second-order valence-electron chi connectivity index (χ2n) is 9.93. The van der Waals surface area contributed by atoms with Gasteiger partial charge in [0.15, 0.2) is 17.2 Å². The normalized spacial score (nSPS) is 17.7. The molecule has 1 unspecified atom stereocenters. The molecule has 3 heterocycles. The number of carbonyl (C=O) groups is 1. The number of rotatable bonds is 7. The lowest BCUT2D eigenvalue weighted by Gasteiger charge is -2.26. The van der Waals surface area contributed by atoms with E-state index in [0.29, 0.717) is 18.6 Å². The van der Waals surface area contributed by atoms with Gasteiger partial charge < -0.3 is 24.1 Å². The van der Waals surface area contributed by atoms with Gasteiger partial charge in [-0.3, -0.25) is 4.98 Å². The van der Waals surface area contributed by atoms with Gasteiger partial charge in [-0.25, -0.2) is 9.48 Å². The SMILES string of the molecule is C[C@@H](Oc1cccc(-n2nc(C(F)(F)F)c3c2C(Oc2ccc(C(=O)O)cc2)CCC3)c1)c1cc2c(cn1)OC(F)(F)O2. The molecule has 0 amide bonds. The molecule has 14 heteroatoms. The van der Waals surface area contributed by atoms with Crippen molar-refractivity contribution in [2.75, 3.05) is 0 Å². The molecule has 0 radical (unpaired) electrons. The Labute approximate surface area is 240 Å². The van der Waals surface area contributed by atoms with Crippen molar-refractivity contribution in [3.63, 3.8) is 0 Å². The van der Waals surface area contributed by atoms with Gasteiger partial charge in [0.05, 0.1) is 28.8 Å². The van der Waals surface area contributed by atoms with Gasteiger partial charge in [0, 0.05) is 17.7 Å². The van der Waals surface area contributed by atoms with Crippen molar-refractivity contribution in [2.24, 2.45) is 0 Å². The number of halogens is 5. The van der Waals surface area contributed by atoms with E-state index in [4.69, 9.17) is 14.6 Å². The van der Waals surface area contributed by atoms with Crippen LogP contribution in [0.25, 0.3) is 5.69 Å². The molecular formula is C29H22F5N3O6. The van der Waals surface area contributed by atoms with Crippen LogP contribution in [0.4, 0.5) is 22.0 Å². The van der Waals surface area contributed by atoms with Crippen LogP contribution in [0.3, 0.4) is 0 Å². The van der Waals surface area contributed by atoms with Gasteiger partial charge in [-0.15, -0.1) is 8.78 Å². The molecule has 0 spiro atoms. The Hall–Kier alpha value is -4.88. The topological polar surface area (TPSA) is 105 Å². The van der Waals surface area contributed by atoms with Crippen molar-refractivity contribution < 1.29 is 50.8 Å². The Morgan fingerprint density at radius 3 is 2.56 bits per heavy atom. The van der Waals surface area contributed by atoms with Crippen molar-refractivity contribution in [1.29, 1.82) is 0 Å². The van der Waals surface area contributed by atoms with Gasteiger partial charge in [0.25, 0.3) is 0 Å². The smallest absolute Gasteiger partial charge is 0.484 e. The number of hydrogen-bond donors (Lipinski definition) is 1. The first kappa shape index (κ1) is 28.2. The third-order valence-electron chi connectivity index (χ3n) is 6.97. The molecule has 2 atom stereocenters. The zero-order valence-corrected chi connectivity index (χ0v) is 22.3. The highest BCUT2D eigenvalue weighted by molar-refractivity contribution is 5.87. The lowest BCUT2D eigenvalue weighted by molar-refractivity contribution is -0.286. The highest BCUT2D eigenvalue weighted by Crippen LogP contribution is 2.43. The molecule has 6 rings (SSSR count). The van der Waals surface area contributed by atoms with E-state index < -0.39 is 36.3 Å². The number of ether oxygens (including phenoxy) is 4. The number of hydrogen-bond acceptors (Lipinski definition) is 7. The zero-order chi connectivity index (χ0) is 30.5. The molecule has 0 fully saturated rings. The van der Waals surface area contributed by atoms with E-state index in [2.05, 4.69) is 19.6 Å². The van der Waals surface area contributed by atoms with Gasteiger partial charge in [0.1, 0.15) is 23.7 Å². The van der Waals surface area contributed by atoms with Crippen LogP contribution in [0.5, 0.6) is 23.0 Å². The van der Waals surface area contributed by atoms with E-state index in [-0.39, 0.29) is 51.9 Å². The maximum Gasteiger partial charge on any atom is 0.586 e. The summed E-state index contributed by atoms with van der Waals surface area (Å²) in [5.74, 6) is -0.993. The summed E-state index contributed by atoms with van der Waals surface area (Å²) in [5, 5.41) is 13.1. The summed E-state index contributed by atoms with van der Waals surface area (Å²) < 4.78 is 91.1. The maximum absolute atomic E-state index is 14.1. The summed E-state index contributed by atoms with van der Waals surface area (Å²) in [4.78, 5) is 15.3. The molecule has 4 aromatic rings. The maximum atomic E-state index is 14.1. The van der Waals surface area contributed by atoms with Crippen LogP contribution < -0.4 is 18.9 Å². The Balaban J connectivity index is 1.31. The minimum absolute atomic E-state index is 0.0203. The molecular weight excluding hydrogens is 581 g/mol. The van der Waals surface area contributed by atoms with Crippen LogP contribution in [0.15, 0.2) is 60.8 Å². The minimum Gasteiger partial charge on any atom is -0.484 e. The van der Waals surface area contributed by atoms with Crippen LogP contribution >= 0.6 is 0 Å². The molecule has 1 N–H and O–H groups in total. The Morgan fingerprint density at radius 2 is 1.84 bits per heavy atom. The number of fused-ring (bicyclic) bond motifs is 2. The van der Waals surface area contributed by atoms with Gasteiger partial charge >= 0.3 is 18.4 Å². The van der Waals surface area contributed by atoms with Crippen LogP contribution in [0, 0.1) is 0 Å². The highest BCUT2D eigenvalue weighted by atomic mass is 19.4. The monoisotopic (exact) mass is 603 g/mol. The van der Waals surface area contributed by atoms with Gasteiger partial charge in [-0.05, 0) is 62.6 Å². The number of nitrogens with zero attached hydrogens (tertiary/aromatic N) is 3. The third kappa shape index (κ3) is 5.64. The number of aromatic nitrogens is 3. The van der Waals surface area contributed by atoms with E-state index >= 15 is 0 Å². The summed E-state index contributed by atoms with van der Waals surface area (Å²) >= 11 is 0. The van der Waals surface area contributed by atoms with Gasteiger partial charge in [0.2, 0.25) is 0 Å². The second kappa shape index (κ2) is 10.4. The van der Waals surface area contributed by atoms with E-state index in [0.717, 1.165) is 6.20 Å². The van der Waals surface area contributed by atoms with Gasteiger partial charge in [-0.2, -0.15) is 18.3 Å². The molecule has 0 saturated carbocycles. The molecule has 2 aliphatic rings. The summed E-state index contributed by atoms with van der Waals surface area (Å²) in [6, 6.07) is 13.1. The van der Waals surface area contributed by atoms with Gasteiger partial charge in [-0.1, -0.05) is 6.07 Å². The number of pyridine rings is 1. The van der Waals surface area contributed by atoms with Crippen LogP contribution in [-0.2, 0) is 12.6 Å². The van der Waals surface area contributed by atoms with Crippen LogP contribution in [-0.4, -0.2) is 32.1 Å². The molecule has 0 bridgehead atoms. The summed E-state index contributed by atoms with van der Waals surface area (Å²) in [6.07, 6.45) is -8.03. The summed E-state index contributed by atoms with van der Waals surface area (Å²) in [6.45, 7) is 1.62. The molecule has 43 heavy (non-hydrogen) atoms. The average molecular weight is 604 g/mol. The first-order valence-corrected chi connectivity index (χ1v) is 13.1. The summed E-state index contributed by atoms with van der Waals surface area (Å²) in [5.41, 5.74) is -0.203. The lowest BCUT2D eigenvalue weighted by Crippen LogP contribution is -2.25. The molecule has 0 saturated heterocycles. The predicted molar refractivity (Wildman–Crippen MR) is 138 cm³/mol. The first-order valence-electron chi connectivity index (χ1n) is 13.1. The number of alkyl halides is 5. The number of carboxylic acids is 1.